The molecule has 1 aromatic rings. The average Bonchev–Trinajstić information content (AvgIpc) is 2.49. The van der Waals surface area contributed by atoms with Crippen LogP contribution in [0.25, 0.3) is 0 Å². The summed E-state index contributed by atoms with van der Waals surface area (Å²) in [7, 11) is 0. The van der Waals surface area contributed by atoms with Crippen molar-refractivity contribution in [2.75, 3.05) is 19.7 Å². The van der Waals surface area contributed by atoms with E-state index in [1.165, 1.54) is 12.1 Å². The van der Waals surface area contributed by atoms with Crippen molar-refractivity contribution in [3.8, 4) is 5.75 Å². The predicted octanol–water partition coefficient (Wildman–Crippen LogP) is 3.48. The number of nitrogens with zero attached hydrogens (tertiary/aromatic N) is 1. The maximum Gasteiger partial charge on any atom is 0.573 e. The van der Waals surface area contributed by atoms with E-state index in [1.54, 1.807) is 12.1 Å². The highest BCUT2D eigenvalue weighted by atomic mass is 19.4. The van der Waals surface area contributed by atoms with Gasteiger partial charge in [0.15, 0.2) is 0 Å². The molecule has 2 aliphatic rings. The van der Waals surface area contributed by atoms with E-state index in [2.05, 4.69) is 9.64 Å². The first-order chi connectivity index (χ1) is 11.6. The highest BCUT2D eigenvalue weighted by molar-refractivity contribution is 5.27. The lowest BCUT2D eigenvalue weighted by Gasteiger charge is -2.48. The lowest BCUT2D eigenvalue weighted by Crippen LogP contribution is -2.53. The summed E-state index contributed by atoms with van der Waals surface area (Å²) in [6, 6.07) is 6.01. The minimum absolute atomic E-state index is 0.202. The molecule has 7 heteroatoms. The van der Waals surface area contributed by atoms with E-state index in [4.69, 9.17) is 4.74 Å². The molecule has 1 atom stereocenters. The number of piperidine rings is 1. The van der Waals surface area contributed by atoms with Gasteiger partial charge in [0.05, 0.1) is 17.8 Å². The van der Waals surface area contributed by atoms with Crippen LogP contribution in [0.15, 0.2) is 24.3 Å². The maximum atomic E-state index is 12.2. The van der Waals surface area contributed by atoms with E-state index < -0.39 is 12.0 Å². The first kappa shape index (κ1) is 18.5. The molecule has 1 aromatic carbocycles. The van der Waals surface area contributed by atoms with Crippen LogP contribution in [0.4, 0.5) is 13.2 Å². The number of benzene rings is 1. The second-order valence-electron chi connectivity index (χ2n) is 7.42. The summed E-state index contributed by atoms with van der Waals surface area (Å²) in [5.41, 5.74) is 0.0548. The minimum atomic E-state index is -4.66. The van der Waals surface area contributed by atoms with Crippen molar-refractivity contribution in [2.45, 2.75) is 56.7 Å². The molecular formula is C18H24F3NO3. The summed E-state index contributed by atoms with van der Waals surface area (Å²) in [5.74, 6) is -0.202. The van der Waals surface area contributed by atoms with Crippen LogP contribution >= 0.6 is 0 Å². The maximum absolute atomic E-state index is 12.2. The molecule has 2 heterocycles. The van der Waals surface area contributed by atoms with Crippen molar-refractivity contribution in [3.63, 3.8) is 0 Å². The number of aliphatic hydroxyl groups is 1. The zero-order chi connectivity index (χ0) is 18.1. The van der Waals surface area contributed by atoms with Crippen LogP contribution in [-0.2, 0) is 11.3 Å². The van der Waals surface area contributed by atoms with Gasteiger partial charge in [-0.25, -0.2) is 0 Å². The molecule has 2 saturated heterocycles. The summed E-state index contributed by atoms with van der Waals surface area (Å²) in [4.78, 5) is 2.26. The molecule has 4 nitrogen and oxygen atoms in total. The van der Waals surface area contributed by atoms with Crippen molar-refractivity contribution in [2.24, 2.45) is 0 Å². The van der Waals surface area contributed by atoms with Crippen LogP contribution in [0.5, 0.6) is 5.75 Å². The summed E-state index contributed by atoms with van der Waals surface area (Å²) >= 11 is 0. The van der Waals surface area contributed by atoms with Crippen molar-refractivity contribution < 1.29 is 27.8 Å². The van der Waals surface area contributed by atoms with Gasteiger partial charge in [0.25, 0.3) is 0 Å². The minimum Gasteiger partial charge on any atom is -0.406 e. The van der Waals surface area contributed by atoms with Gasteiger partial charge in [-0.2, -0.15) is 0 Å². The molecule has 3 rings (SSSR count). The molecule has 0 saturated carbocycles. The summed E-state index contributed by atoms with van der Waals surface area (Å²) in [6.07, 6.45) is -1.61. The third-order valence-electron chi connectivity index (χ3n) is 5.08. The number of likely N-dealkylation sites (tertiary alicyclic amines) is 1. The summed E-state index contributed by atoms with van der Waals surface area (Å²) < 4.78 is 46.4. The van der Waals surface area contributed by atoms with Gasteiger partial charge in [-0.1, -0.05) is 12.1 Å². The van der Waals surface area contributed by atoms with Crippen LogP contribution in [0.3, 0.4) is 0 Å². The highest BCUT2D eigenvalue weighted by Gasteiger charge is 2.44. The number of hydrogen-bond donors (Lipinski definition) is 1. The average molecular weight is 359 g/mol. The van der Waals surface area contributed by atoms with Gasteiger partial charge in [-0.15, -0.1) is 13.2 Å². The van der Waals surface area contributed by atoms with Crippen molar-refractivity contribution in [1.29, 1.82) is 0 Å². The standard InChI is InChI=1S/C18H24F3NO3/c1-16(23)8-11-24-17(13-16)6-9-22(10-7-17)12-14-2-4-15(5-3-14)25-18(19,20)21/h2-5,23H,6-13H2,1H3. The van der Waals surface area contributed by atoms with E-state index in [0.29, 0.717) is 26.0 Å². The molecule has 1 unspecified atom stereocenters. The van der Waals surface area contributed by atoms with Crippen molar-refractivity contribution in [1.82, 2.24) is 4.90 Å². The molecule has 2 aliphatic heterocycles. The van der Waals surface area contributed by atoms with Crippen LogP contribution in [0, 0.1) is 0 Å². The second-order valence-corrected chi connectivity index (χ2v) is 7.42. The smallest absolute Gasteiger partial charge is 0.406 e. The van der Waals surface area contributed by atoms with Crippen LogP contribution in [0.2, 0.25) is 0 Å². The Kier molecular flexibility index (Phi) is 5.01. The number of halogens is 3. The van der Waals surface area contributed by atoms with Crippen molar-refractivity contribution in [3.05, 3.63) is 29.8 Å². The molecule has 0 aromatic heterocycles. The normalized spacial score (nSPS) is 27.4. The van der Waals surface area contributed by atoms with Crippen LogP contribution in [-0.4, -0.2) is 47.3 Å². The van der Waals surface area contributed by atoms with Gasteiger partial charge in [0, 0.05) is 26.1 Å². The molecule has 0 radical (unpaired) electrons. The molecule has 2 fully saturated rings. The zero-order valence-corrected chi connectivity index (χ0v) is 14.3. The largest absolute Gasteiger partial charge is 0.573 e. The van der Waals surface area contributed by atoms with E-state index >= 15 is 0 Å². The Labute approximate surface area is 145 Å². The Hall–Kier alpha value is -1.31. The molecule has 25 heavy (non-hydrogen) atoms. The Bertz CT molecular complexity index is 578. The molecule has 0 bridgehead atoms. The Morgan fingerprint density at radius 3 is 2.36 bits per heavy atom. The fraction of sp³-hybridized carbons (Fsp3) is 0.667. The fourth-order valence-electron chi connectivity index (χ4n) is 3.82. The van der Waals surface area contributed by atoms with E-state index in [0.717, 1.165) is 31.5 Å². The third-order valence-corrected chi connectivity index (χ3v) is 5.08. The lowest BCUT2D eigenvalue weighted by molar-refractivity contribution is -0.274. The van der Waals surface area contributed by atoms with Crippen LogP contribution in [0.1, 0.15) is 38.2 Å². The van der Waals surface area contributed by atoms with E-state index in [9.17, 15) is 18.3 Å². The number of hydrogen-bond acceptors (Lipinski definition) is 4. The molecule has 1 spiro atoms. The molecule has 140 valence electrons. The van der Waals surface area contributed by atoms with Gasteiger partial charge in [-0.05, 0) is 43.9 Å². The first-order valence-corrected chi connectivity index (χ1v) is 8.58. The Balaban J connectivity index is 1.52. The SMILES string of the molecule is CC1(O)CCOC2(CCN(Cc3ccc(OC(F)(F)F)cc3)CC2)C1. The van der Waals surface area contributed by atoms with Gasteiger partial charge in [-0.3, -0.25) is 4.90 Å². The summed E-state index contributed by atoms with van der Waals surface area (Å²) in [5, 5.41) is 10.3. The summed E-state index contributed by atoms with van der Waals surface area (Å²) in [6.45, 7) is 4.83. The number of rotatable bonds is 3. The highest BCUT2D eigenvalue weighted by Crippen LogP contribution is 2.39. The molecular weight excluding hydrogens is 335 g/mol. The zero-order valence-electron chi connectivity index (χ0n) is 14.3. The van der Waals surface area contributed by atoms with Gasteiger partial charge in [0.2, 0.25) is 0 Å². The number of ether oxygens (including phenoxy) is 2. The topological polar surface area (TPSA) is 41.9 Å². The lowest BCUT2D eigenvalue weighted by atomic mass is 9.78. The Morgan fingerprint density at radius 1 is 1.16 bits per heavy atom. The number of alkyl halides is 3. The fourth-order valence-corrected chi connectivity index (χ4v) is 3.82. The molecule has 1 N–H and O–H groups in total. The van der Waals surface area contributed by atoms with E-state index in [1.807, 2.05) is 6.92 Å². The van der Waals surface area contributed by atoms with Gasteiger partial charge < -0.3 is 14.6 Å². The molecule has 0 aliphatic carbocycles. The molecule has 0 amide bonds. The van der Waals surface area contributed by atoms with Gasteiger partial charge in [0.1, 0.15) is 5.75 Å². The van der Waals surface area contributed by atoms with Crippen molar-refractivity contribution >= 4 is 0 Å². The van der Waals surface area contributed by atoms with Gasteiger partial charge >= 0.3 is 6.36 Å². The quantitative estimate of drug-likeness (QED) is 0.897. The van der Waals surface area contributed by atoms with E-state index in [-0.39, 0.29) is 11.4 Å². The second kappa shape index (κ2) is 6.78. The predicted molar refractivity (Wildman–Crippen MR) is 86.2 cm³/mol. The van der Waals surface area contributed by atoms with Crippen LogP contribution < -0.4 is 4.74 Å². The first-order valence-electron chi connectivity index (χ1n) is 8.58. The monoisotopic (exact) mass is 359 g/mol. The Morgan fingerprint density at radius 2 is 1.80 bits per heavy atom. The third kappa shape index (κ3) is 5.09.